The Hall–Kier alpha value is -0.995. The van der Waals surface area contributed by atoms with E-state index in [1.165, 1.54) is 5.56 Å². The lowest BCUT2D eigenvalue weighted by atomic mass is 9.77. The van der Waals surface area contributed by atoms with Crippen molar-refractivity contribution >= 4 is 12.6 Å². The first-order valence-corrected chi connectivity index (χ1v) is 7.81. The molecule has 1 aromatic rings. The summed E-state index contributed by atoms with van der Waals surface area (Å²) in [6.45, 7) is 14.5. The van der Waals surface area contributed by atoms with Crippen molar-refractivity contribution in [3.8, 4) is 5.75 Å². The Kier molecular flexibility index (Phi) is 4.41. The third kappa shape index (κ3) is 3.27. The Morgan fingerprint density at radius 3 is 2.14 bits per heavy atom. The van der Waals surface area contributed by atoms with Crippen molar-refractivity contribution in [3.63, 3.8) is 0 Å². The van der Waals surface area contributed by atoms with Gasteiger partial charge in [0.2, 0.25) is 0 Å². The van der Waals surface area contributed by atoms with Crippen LogP contribution < -0.4 is 10.2 Å². The number of rotatable bonds is 4. The summed E-state index contributed by atoms with van der Waals surface area (Å²) in [7, 11) is -0.379. The summed E-state index contributed by atoms with van der Waals surface area (Å²) in [4.78, 5) is 0. The van der Waals surface area contributed by atoms with E-state index < -0.39 is 0 Å². The van der Waals surface area contributed by atoms with Gasteiger partial charge in [0, 0.05) is 5.46 Å². The zero-order chi connectivity index (χ0) is 15.8. The average Bonchev–Trinajstić information content (AvgIpc) is 2.58. The van der Waals surface area contributed by atoms with E-state index in [4.69, 9.17) is 14.0 Å². The molecule has 4 heteroatoms. The standard InChI is InChI=1S/C17H27BO3/c1-8-13-9-10-15(19-12(2)3)14(11-13)18-20-16(4,5)17(6,7)21-18/h9-12H,8H2,1-7H3. The second-order valence-corrected chi connectivity index (χ2v) is 6.98. The normalized spacial score (nSPS) is 20.1. The number of benzene rings is 1. The largest absolute Gasteiger partial charge is 0.498 e. The van der Waals surface area contributed by atoms with Crippen molar-refractivity contribution in [1.82, 2.24) is 0 Å². The van der Waals surface area contributed by atoms with Crippen LogP contribution in [-0.2, 0) is 15.7 Å². The molecule has 0 spiro atoms. The SMILES string of the molecule is CCc1ccc(OC(C)C)c(B2OC(C)(C)C(C)(C)O2)c1. The lowest BCUT2D eigenvalue weighted by Gasteiger charge is -2.32. The first-order valence-electron chi connectivity index (χ1n) is 7.81. The molecule has 0 amide bonds. The van der Waals surface area contributed by atoms with Crippen LogP contribution in [0, 0.1) is 0 Å². The van der Waals surface area contributed by atoms with Gasteiger partial charge in [0.15, 0.2) is 0 Å². The lowest BCUT2D eigenvalue weighted by Crippen LogP contribution is -2.41. The summed E-state index contributed by atoms with van der Waals surface area (Å²) in [5.41, 5.74) is 1.57. The molecule has 1 saturated heterocycles. The molecule has 0 unspecified atom stereocenters. The van der Waals surface area contributed by atoms with Crippen molar-refractivity contribution in [2.45, 2.75) is 72.2 Å². The molecule has 0 aliphatic carbocycles. The van der Waals surface area contributed by atoms with E-state index in [0.29, 0.717) is 0 Å². The molecule has 0 N–H and O–H groups in total. The van der Waals surface area contributed by atoms with Crippen LogP contribution in [0.2, 0.25) is 0 Å². The lowest BCUT2D eigenvalue weighted by molar-refractivity contribution is 0.00578. The number of ether oxygens (including phenoxy) is 1. The first-order chi connectivity index (χ1) is 9.66. The number of aryl methyl sites for hydroxylation is 1. The third-order valence-corrected chi connectivity index (χ3v) is 4.35. The fraction of sp³-hybridized carbons (Fsp3) is 0.647. The van der Waals surface area contributed by atoms with Crippen molar-refractivity contribution in [2.24, 2.45) is 0 Å². The van der Waals surface area contributed by atoms with E-state index in [0.717, 1.165) is 17.6 Å². The molecule has 0 atom stereocenters. The average molecular weight is 290 g/mol. The maximum Gasteiger partial charge on any atom is 0.498 e. The van der Waals surface area contributed by atoms with Crippen molar-refractivity contribution in [1.29, 1.82) is 0 Å². The van der Waals surface area contributed by atoms with Crippen LogP contribution in [0.25, 0.3) is 0 Å². The highest BCUT2D eigenvalue weighted by molar-refractivity contribution is 6.63. The van der Waals surface area contributed by atoms with Gasteiger partial charge in [0.1, 0.15) is 5.75 Å². The van der Waals surface area contributed by atoms with Crippen LogP contribution in [0.4, 0.5) is 0 Å². The van der Waals surface area contributed by atoms with Crippen LogP contribution in [0.1, 0.15) is 54.0 Å². The van der Waals surface area contributed by atoms with Crippen LogP contribution in [0.3, 0.4) is 0 Å². The molecule has 0 bridgehead atoms. The Bertz CT molecular complexity index is 493. The fourth-order valence-corrected chi connectivity index (χ4v) is 2.33. The van der Waals surface area contributed by atoms with Gasteiger partial charge in [-0.15, -0.1) is 0 Å². The van der Waals surface area contributed by atoms with Gasteiger partial charge in [0.25, 0.3) is 0 Å². The van der Waals surface area contributed by atoms with E-state index in [1.54, 1.807) is 0 Å². The third-order valence-electron chi connectivity index (χ3n) is 4.35. The minimum Gasteiger partial charge on any atom is -0.491 e. The van der Waals surface area contributed by atoms with Gasteiger partial charge < -0.3 is 14.0 Å². The smallest absolute Gasteiger partial charge is 0.491 e. The van der Waals surface area contributed by atoms with Gasteiger partial charge in [-0.1, -0.05) is 19.1 Å². The predicted molar refractivity (Wildman–Crippen MR) is 87.3 cm³/mol. The molecule has 1 fully saturated rings. The number of hydrogen-bond donors (Lipinski definition) is 0. The Labute approximate surface area is 129 Å². The van der Waals surface area contributed by atoms with Crippen LogP contribution >= 0.6 is 0 Å². The second-order valence-electron chi connectivity index (χ2n) is 6.98. The van der Waals surface area contributed by atoms with Crippen molar-refractivity contribution < 1.29 is 14.0 Å². The van der Waals surface area contributed by atoms with Crippen LogP contribution in [-0.4, -0.2) is 24.4 Å². The first kappa shape index (κ1) is 16.4. The van der Waals surface area contributed by atoms with E-state index in [-0.39, 0.29) is 24.4 Å². The minimum absolute atomic E-state index is 0.124. The molecule has 0 radical (unpaired) electrons. The summed E-state index contributed by atoms with van der Waals surface area (Å²) < 4.78 is 18.3. The van der Waals surface area contributed by atoms with Gasteiger partial charge >= 0.3 is 7.12 Å². The molecule has 1 heterocycles. The summed E-state index contributed by atoms with van der Waals surface area (Å²) in [6, 6.07) is 6.27. The van der Waals surface area contributed by atoms with Gasteiger partial charge in [-0.3, -0.25) is 0 Å². The summed E-state index contributed by atoms with van der Waals surface area (Å²) in [6.07, 6.45) is 1.10. The van der Waals surface area contributed by atoms with E-state index in [1.807, 2.05) is 19.9 Å². The highest BCUT2D eigenvalue weighted by Crippen LogP contribution is 2.37. The van der Waals surface area contributed by atoms with Crippen molar-refractivity contribution in [2.75, 3.05) is 0 Å². The Morgan fingerprint density at radius 1 is 1.10 bits per heavy atom. The Morgan fingerprint density at radius 2 is 1.67 bits per heavy atom. The molecular formula is C17H27BO3. The topological polar surface area (TPSA) is 27.7 Å². The summed E-state index contributed by atoms with van der Waals surface area (Å²) in [5.74, 6) is 0.848. The fourth-order valence-electron chi connectivity index (χ4n) is 2.33. The molecule has 0 aromatic heterocycles. The quantitative estimate of drug-likeness (QED) is 0.796. The summed E-state index contributed by atoms with van der Waals surface area (Å²) >= 11 is 0. The maximum absolute atomic E-state index is 6.17. The molecule has 0 saturated carbocycles. The second kappa shape index (κ2) is 5.66. The Balaban J connectivity index is 2.38. The maximum atomic E-state index is 6.17. The molecule has 3 nitrogen and oxygen atoms in total. The monoisotopic (exact) mass is 290 g/mol. The molecule has 116 valence electrons. The molecule has 21 heavy (non-hydrogen) atoms. The zero-order valence-electron chi connectivity index (χ0n) is 14.3. The van der Waals surface area contributed by atoms with E-state index >= 15 is 0 Å². The van der Waals surface area contributed by atoms with Gasteiger partial charge in [0.05, 0.1) is 17.3 Å². The van der Waals surface area contributed by atoms with E-state index in [9.17, 15) is 0 Å². The molecular weight excluding hydrogens is 263 g/mol. The van der Waals surface area contributed by atoms with Crippen LogP contribution in [0.5, 0.6) is 5.75 Å². The number of hydrogen-bond acceptors (Lipinski definition) is 3. The predicted octanol–water partition coefficient (Wildman–Crippen LogP) is 3.34. The highest BCUT2D eigenvalue weighted by Gasteiger charge is 2.52. The molecule has 1 aromatic carbocycles. The summed E-state index contributed by atoms with van der Waals surface area (Å²) in [5, 5.41) is 0. The van der Waals surface area contributed by atoms with E-state index in [2.05, 4.69) is 46.8 Å². The van der Waals surface area contributed by atoms with Gasteiger partial charge in [-0.05, 0) is 59.6 Å². The van der Waals surface area contributed by atoms with Gasteiger partial charge in [-0.25, -0.2) is 0 Å². The van der Waals surface area contributed by atoms with Gasteiger partial charge in [-0.2, -0.15) is 0 Å². The van der Waals surface area contributed by atoms with Crippen LogP contribution in [0.15, 0.2) is 18.2 Å². The highest BCUT2D eigenvalue weighted by atomic mass is 16.7. The zero-order valence-corrected chi connectivity index (χ0v) is 14.3. The molecule has 1 aliphatic rings. The molecule has 2 rings (SSSR count). The molecule has 1 aliphatic heterocycles. The van der Waals surface area contributed by atoms with Crippen molar-refractivity contribution in [3.05, 3.63) is 23.8 Å². The minimum atomic E-state index is -0.379.